The normalized spacial score (nSPS) is 11.1. The number of hydrogen-bond acceptors (Lipinski definition) is 4. The minimum absolute atomic E-state index is 0.0102. The molecule has 1 rings (SSSR count). The van der Waals surface area contributed by atoms with Crippen molar-refractivity contribution in [1.29, 1.82) is 5.41 Å². The first-order chi connectivity index (χ1) is 7.50. The van der Waals surface area contributed by atoms with Crippen molar-refractivity contribution < 1.29 is 4.79 Å². The van der Waals surface area contributed by atoms with Crippen molar-refractivity contribution in [1.82, 2.24) is 4.98 Å². The molecule has 16 heavy (non-hydrogen) atoms. The second-order valence-electron chi connectivity index (χ2n) is 2.64. The van der Waals surface area contributed by atoms with Gasteiger partial charge < -0.3 is 5.32 Å². The number of nitrogens with one attached hydrogen (secondary N) is 2. The van der Waals surface area contributed by atoms with Crippen molar-refractivity contribution in [3.63, 3.8) is 0 Å². The van der Waals surface area contributed by atoms with Crippen LogP contribution in [0.25, 0.3) is 0 Å². The lowest BCUT2D eigenvalue weighted by Crippen LogP contribution is -2.08. The molecule has 84 valence electrons. The summed E-state index contributed by atoms with van der Waals surface area (Å²) in [6, 6.07) is 3.28. The Morgan fingerprint density at radius 1 is 1.62 bits per heavy atom. The van der Waals surface area contributed by atoms with Gasteiger partial charge in [-0.1, -0.05) is 11.6 Å². The molecule has 0 unspecified atom stereocenters. The Hall–Kier alpha value is -0.910. The predicted molar refractivity (Wildman–Crippen MR) is 68.5 cm³/mol. The summed E-state index contributed by atoms with van der Waals surface area (Å²) in [4.78, 5) is 15.0. The zero-order valence-electron chi connectivity index (χ0n) is 7.80. The molecule has 0 radical (unpaired) electrons. The van der Waals surface area contributed by atoms with E-state index in [1.54, 1.807) is 12.1 Å². The van der Waals surface area contributed by atoms with Gasteiger partial charge in [0.05, 0.1) is 9.64 Å². The molecule has 0 saturated carbocycles. The molecule has 0 bridgehead atoms. The number of nitrogens with zero attached hydrogens (tertiary/aromatic N) is 1. The molecule has 0 aromatic carbocycles. The number of anilines is 1. The van der Waals surface area contributed by atoms with E-state index in [2.05, 4.69) is 26.2 Å². The third kappa shape index (κ3) is 3.92. The SMILES string of the molecule is N=C(Br)/C=C(\Nc1ncccc1Cl)C(=O)Cl. The number of allylic oxidation sites excluding steroid dienone is 2. The summed E-state index contributed by atoms with van der Waals surface area (Å²) in [7, 11) is 0. The minimum Gasteiger partial charge on any atom is -0.335 e. The summed E-state index contributed by atoms with van der Waals surface area (Å²) >= 11 is 14.0. The van der Waals surface area contributed by atoms with E-state index in [0.717, 1.165) is 0 Å². The fourth-order valence-corrected chi connectivity index (χ4v) is 1.37. The van der Waals surface area contributed by atoms with Gasteiger partial charge in [-0.3, -0.25) is 10.2 Å². The topological polar surface area (TPSA) is 65.8 Å². The van der Waals surface area contributed by atoms with Gasteiger partial charge in [0, 0.05) is 6.20 Å². The number of rotatable bonds is 4. The molecular formula is C9H6BrCl2N3O. The molecule has 4 nitrogen and oxygen atoms in total. The van der Waals surface area contributed by atoms with Gasteiger partial charge in [0.2, 0.25) is 0 Å². The Labute approximate surface area is 110 Å². The van der Waals surface area contributed by atoms with Gasteiger partial charge in [-0.15, -0.1) is 0 Å². The maximum absolute atomic E-state index is 11.0. The second kappa shape index (κ2) is 5.98. The highest BCUT2D eigenvalue weighted by molar-refractivity contribution is 9.18. The van der Waals surface area contributed by atoms with E-state index in [4.69, 9.17) is 28.6 Å². The van der Waals surface area contributed by atoms with Crippen molar-refractivity contribution in [2.45, 2.75) is 0 Å². The van der Waals surface area contributed by atoms with Crippen LogP contribution in [0.3, 0.4) is 0 Å². The van der Waals surface area contributed by atoms with Crippen LogP contribution in [0.2, 0.25) is 5.02 Å². The summed E-state index contributed by atoms with van der Waals surface area (Å²) in [5.41, 5.74) is 0.0177. The third-order valence-corrected chi connectivity index (χ3v) is 2.23. The highest BCUT2D eigenvalue weighted by Gasteiger charge is 2.09. The molecule has 1 aromatic heterocycles. The summed E-state index contributed by atoms with van der Waals surface area (Å²) < 4.78 is 0.0102. The van der Waals surface area contributed by atoms with Crippen molar-refractivity contribution in [3.8, 4) is 0 Å². The van der Waals surface area contributed by atoms with Crippen LogP contribution in [0.1, 0.15) is 0 Å². The van der Waals surface area contributed by atoms with Crippen molar-refractivity contribution >= 4 is 54.8 Å². The molecule has 0 aliphatic heterocycles. The number of halogens is 3. The highest BCUT2D eigenvalue weighted by Crippen LogP contribution is 2.19. The molecule has 1 aromatic rings. The van der Waals surface area contributed by atoms with Crippen LogP contribution in [0, 0.1) is 5.41 Å². The van der Waals surface area contributed by atoms with E-state index in [1.165, 1.54) is 12.3 Å². The lowest BCUT2D eigenvalue weighted by atomic mass is 10.4. The summed E-state index contributed by atoms with van der Waals surface area (Å²) in [6.45, 7) is 0. The molecule has 0 spiro atoms. The Kier molecular flexibility index (Phi) is 4.92. The van der Waals surface area contributed by atoms with E-state index < -0.39 is 5.24 Å². The number of carbonyl (C=O) groups is 1. The zero-order chi connectivity index (χ0) is 12.1. The number of hydrogen-bond donors (Lipinski definition) is 2. The molecular weight excluding hydrogens is 317 g/mol. The van der Waals surface area contributed by atoms with Crippen molar-refractivity contribution in [2.24, 2.45) is 0 Å². The van der Waals surface area contributed by atoms with Crippen LogP contribution in [-0.4, -0.2) is 14.8 Å². The molecule has 0 atom stereocenters. The zero-order valence-corrected chi connectivity index (χ0v) is 10.9. The molecule has 1 heterocycles. The maximum atomic E-state index is 11.0. The molecule has 2 N–H and O–H groups in total. The highest BCUT2D eigenvalue weighted by atomic mass is 79.9. The fourth-order valence-electron chi connectivity index (χ4n) is 0.874. The third-order valence-electron chi connectivity index (χ3n) is 1.49. The van der Waals surface area contributed by atoms with Gasteiger partial charge in [-0.05, 0) is 45.7 Å². The Balaban J connectivity index is 2.98. The van der Waals surface area contributed by atoms with Gasteiger partial charge in [-0.25, -0.2) is 4.98 Å². The van der Waals surface area contributed by atoms with Gasteiger partial charge in [0.15, 0.2) is 0 Å². The smallest absolute Gasteiger partial charge is 0.268 e. The first-order valence-corrected chi connectivity index (χ1v) is 5.58. The number of pyridine rings is 1. The Morgan fingerprint density at radius 3 is 2.81 bits per heavy atom. The largest absolute Gasteiger partial charge is 0.335 e. The van der Waals surface area contributed by atoms with Crippen LogP contribution in [-0.2, 0) is 4.79 Å². The lowest BCUT2D eigenvalue weighted by molar-refractivity contribution is -0.108. The Bertz CT molecular complexity index is 462. The van der Waals surface area contributed by atoms with Gasteiger partial charge in [-0.2, -0.15) is 0 Å². The Morgan fingerprint density at radius 2 is 2.31 bits per heavy atom. The van der Waals surface area contributed by atoms with E-state index in [-0.39, 0.29) is 10.3 Å². The molecule has 0 fully saturated rings. The summed E-state index contributed by atoms with van der Waals surface area (Å²) in [5, 5.41) is 9.44. The first kappa shape index (κ1) is 13.2. The van der Waals surface area contributed by atoms with Gasteiger partial charge >= 0.3 is 0 Å². The maximum Gasteiger partial charge on any atom is 0.268 e. The van der Waals surface area contributed by atoms with Crippen LogP contribution < -0.4 is 5.32 Å². The van der Waals surface area contributed by atoms with Gasteiger partial charge in [0.1, 0.15) is 11.5 Å². The van der Waals surface area contributed by atoms with Crippen LogP contribution in [0.5, 0.6) is 0 Å². The standard InChI is InChI=1S/C9H6BrCl2N3O/c10-7(13)4-6(8(12)16)15-9-5(11)2-1-3-14-9/h1-4,13H,(H,14,15)/b6-4-,13-7?. The quantitative estimate of drug-likeness (QED) is 0.508. The van der Waals surface area contributed by atoms with E-state index in [9.17, 15) is 4.79 Å². The molecule has 0 aliphatic carbocycles. The number of aromatic nitrogens is 1. The lowest BCUT2D eigenvalue weighted by Gasteiger charge is -2.06. The second-order valence-corrected chi connectivity index (χ2v) is 4.24. The van der Waals surface area contributed by atoms with E-state index >= 15 is 0 Å². The first-order valence-electron chi connectivity index (χ1n) is 4.04. The van der Waals surface area contributed by atoms with Crippen molar-refractivity contribution in [2.75, 3.05) is 5.32 Å². The molecule has 0 amide bonds. The van der Waals surface area contributed by atoms with Gasteiger partial charge in [0.25, 0.3) is 5.24 Å². The van der Waals surface area contributed by atoms with Crippen LogP contribution in [0.4, 0.5) is 5.82 Å². The average Bonchev–Trinajstić information content (AvgIpc) is 2.19. The van der Waals surface area contributed by atoms with E-state index in [0.29, 0.717) is 10.8 Å². The molecule has 0 saturated heterocycles. The average molecular weight is 323 g/mol. The van der Waals surface area contributed by atoms with Crippen molar-refractivity contribution in [3.05, 3.63) is 35.1 Å². The molecule has 0 aliphatic rings. The summed E-state index contributed by atoms with van der Waals surface area (Å²) in [6.07, 6.45) is 2.74. The fraction of sp³-hybridized carbons (Fsp3) is 0. The monoisotopic (exact) mass is 321 g/mol. The molecule has 7 heteroatoms. The minimum atomic E-state index is -0.731. The van der Waals surface area contributed by atoms with E-state index in [1.807, 2.05) is 0 Å². The predicted octanol–water partition coefficient (Wildman–Crippen LogP) is 3.17. The van der Waals surface area contributed by atoms with Crippen LogP contribution in [0.15, 0.2) is 30.1 Å². The number of carbonyl (C=O) groups excluding carboxylic acids is 1. The summed E-state index contributed by atoms with van der Waals surface area (Å²) in [5.74, 6) is 0.304. The van der Waals surface area contributed by atoms with Crippen LogP contribution >= 0.6 is 39.1 Å².